The Bertz CT molecular complexity index is 448. The van der Waals surface area contributed by atoms with Crippen LogP contribution in [0.3, 0.4) is 0 Å². The van der Waals surface area contributed by atoms with Gasteiger partial charge >= 0.3 is 0 Å². The van der Waals surface area contributed by atoms with Gasteiger partial charge in [0.05, 0.1) is 12.4 Å². The summed E-state index contributed by atoms with van der Waals surface area (Å²) in [5.41, 5.74) is 0. The lowest BCUT2D eigenvalue weighted by Gasteiger charge is -2.33. The average Bonchev–Trinajstić information content (AvgIpc) is 2.60. The van der Waals surface area contributed by atoms with E-state index in [0.717, 1.165) is 38.7 Å². The van der Waals surface area contributed by atoms with Gasteiger partial charge in [-0.25, -0.2) is 12.7 Å². The lowest BCUT2D eigenvalue weighted by atomic mass is 9.93. The highest BCUT2D eigenvalue weighted by Crippen LogP contribution is 2.25. The first-order chi connectivity index (χ1) is 12.3. The van der Waals surface area contributed by atoms with Gasteiger partial charge in [-0.3, -0.25) is 0 Å². The topological polar surface area (TPSA) is 49.9 Å². The van der Waals surface area contributed by atoms with Crippen molar-refractivity contribution < 1.29 is 13.2 Å². The molecule has 0 radical (unpaired) electrons. The Balaban J connectivity index is 1.98. The number of ether oxygens (including phenoxy) is 1. The van der Waals surface area contributed by atoms with E-state index in [1.165, 1.54) is 62.2 Å². The summed E-state index contributed by atoms with van der Waals surface area (Å²) >= 11 is 0. The van der Waals surface area contributed by atoms with E-state index in [0.29, 0.717) is 6.10 Å². The van der Waals surface area contributed by atoms with Crippen molar-refractivity contribution in [1.29, 1.82) is 0 Å². The molecule has 0 spiro atoms. The number of hydrogen-bond donors (Lipinski definition) is 0. The zero-order valence-corrected chi connectivity index (χ0v) is 18.4. The number of sulfonamides is 1. The molecule has 1 fully saturated rings. The Morgan fingerprint density at radius 3 is 2.04 bits per heavy atom. The van der Waals surface area contributed by atoms with Gasteiger partial charge in [-0.05, 0) is 65.1 Å². The van der Waals surface area contributed by atoms with Crippen LogP contribution in [-0.4, -0.2) is 69.8 Å². The zero-order chi connectivity index (χ0) is 19.4. The van der Waals surface area contributed by atoms with Crippen molar-refractivity contribution >= 4 is 10.0 Å². The van der Waals surface area contributed by atoms with Gasteiger partial charge in [0.15, 0.2) is 0 Å². The largest absolute Gasteiger partial charge is 0.378 e. The van der Waals surface area contributed by atoms with Crippen LogP contribution in [0.1, 0.15) is 77.6 Å². The lowest BCUT2D eigenvalue weighted by Crippen LogP contribution is -2.40. The van der Waals surface area contributed by atoms with Crippen molar-refractivity contribution in [3.63, 3.8) is 0 Å². The van der Waals surface area contributed by atoms with Gasteiger partial charge in [-0.2, -0.15) is 0 Å². The molecule has 26 heavy (non-hydrogen) atoms. The van der Waals surface area contributed by atoms with Gasteiger partial charge in [0.2, 0.25) is 10.0 Å². The summed E-state index contributed by atoms with van der Waals surface area (Å²) in [6.45, 7) is 5.54. The van der Waals surface area contributed by atoms with Gasteiger partial charge in [-0.1, -0.05) is 32.6 Å². The molecule has 0 amide bonds. The van der Waals surface area contributed by atoms with E-state index in [1.807, 2.05) is 0 Å². The van der Waals surface area contributed by atoms with Crippen LogP contribution in [0.15, 0.2) is 0 Å². The van der Waals surface area contributed by atoms with Crippen LogP contribution in [0.5, 0.6) is 0 Å². The van der Waals surface area contributed by atoms with Gasteiger partial charge in [0.25, 0.3) is 0 Å². The molecule has 1 aliphatic rings. The number of hydrogen-bond acceptors (Lipinski definition) is 4. The predicted molar refractivity (Wildman–Crippen MR) is 110 cm³/mol. The monoisotopic (exact) mass is 390 g/mol. The highest BCUT2D eigenvalue weighted by atomic mass is 32.2. The molecular formula is C20H42N2O3S. The first kappa shape index (κ1) is 23.9. The summed E-state index contributed by atoms with van der Waals surface area (Å²) in [5, 5.41) is 0. The zero-order valence-electron chi connectivity index (χ0n) is 17.6. The van der Waals surface area contributed by atoms with Crippen molar-refractivity contribution in [3.8, 4) is 0 Å². The standard InChI is InChI=1S/C20H42N2O3S/c1-5-6-9-16-21(2)17-10-7-8-11-18-25-20-14-12-19(13-15-20)22(3)26(4,23)24/h19-20H,5-18H2,1-4H3. The first-order valence-electron chi connectivity index (χ1n) is 10.6. The summed E-state index contributed by atoms with van der Waals surface area (Å²) < 4.78 is 30.8. The summed E-state index contributed by atoms with van der Waals surface area (Å²) in [4.78, 5) is 2.46. The highest BCUT2D eigenvalue weighted by Gasteiger charge is 2.28. The summed E-state index contributed by atoms with van der Waals surface area (Å²) in [6, 6.07) is 0.152. The maximum Gasteiger partial charge on any atom is 0.211 e. The van der Waals surface area contributed by atoms with E-state index >= 15 is 0 Å². The van der Waals surface area contributed by atoms with E-state index in [9.17, 15) is 8.42 Å². The molecule has 0 saturated heterocycles. The molecule has 5 nitrogen and oxygen atoms in total. The average molecular weight is 391 g/mol. The van der Waals surface area contributed by atoms with Crippen molar-refractivity contribution in [1.82, 2.24) is 9.21 Å². The SMILES string of the molecule is CCCCCN(C)CCCCCCOC1CCC(N(C)S(C)(=O)=O)CC1. The second-order valence-electron chi connectivity index (χ2n) is 8.01. The Labute approximate surface area is 162 Å². The molecule has 0 aromatic rings. The summed E-state index contributed by atoms with van der Waals surface area (Å²) in [6.07, 6.45) is 14.3. The molecule has 0 aliphatic heterocycles. The Kier molecular flexibility index (Phi) is 12.0. The molecule has 6 heteroatoms. The van der Waals surface area contributed by atoms with Crippen molar-refractivity contribution in [2.75, 3.05) is 40.0 Å². The normalized spacial score (nSPS) is 21.6. The van der Waals surface area contributed by atoms with E-state index in [-0.39, 0.29) is 6.04 Å². The van der Waals surface area contributed by atoms with Crippen molar-refractivity contribution in [2.45, 2.75) is 89.7 Å². The van der Waals surface area contributed by atoms with Gasteiger partial charge < -0.3 is 9.64 Å². The Morgan fingerprint density at radius 1 is 0.885 bits per heavy atom. The third-order valence-electron chi connectivity index (χ3n) is 5.61. The van der Waals surface area contributed by atoms with Crippen LogP contribution in [0.2, 0.25) is 0 Å². The molecule has 156 valence electrons. The van der Waals surface area contributed by atoms with E-state index in [1.54, 1.807) is 7.05 Å². The van der Waals surface area contributed by atoms with Crippen LogP contribution in [-0.2, 0) is 14.8 Å². The van der Waals surface area contributed by atoms with Crippen LogP contribution in [0.4, 0.5) is 0 Å². The summed E-state index contributed by atoms with van der Waals surface area (Å²) in [7, 11) is 0.856. The highest BCUT2D eigenvalue weighted by molar-refractivity contribution is 7.88. The second kappa shape index (κ2) is 13.1. The molecule has 1 rings (SSSR count). The Morgan fingerprint density at radius 2 is 1.46 bits per heavy atom. The second-order valence-corrected chi connectivity index (χ2v) is 10.0. The molecular weight excluding hydrogens is 348 g/mol. The third-order valence-corrected chi connectivity index (χ3v) is 6.96. The fourth-order valence-corrected chi connectivity index (χ4v) is 4.43. The number of rotatable bonds is 14. The van der Waals surface area contributed by atoms with Crippen LogP contribution in [0.25, 0.3) is 0 Å². The van der Waals surface area contributed by atoms with E-state index in [4.69, 9.17) is 4.74 Å². The minimum absolute atomic E-state index is 0.152. The van der Waals surface area contributed by atoms with Crippen LogP contribution < -0.4 is 0 Å². The molecule has 0 unspecified atom stereocenters. The minimum atomic E-state index is -3.07. The Hall–Kier alpha value is -0.170. The molecule has 1 saturated carbocycles. The molecule has 0 heterocycles. The van der Waals surface area contributed by atoms with Gasteiger partial charge in [0, 0.05) is 19.7 Å². The van der Waals surface area contributed by atoms with Gasteiger partial charge in [0.1, 0.15) is 0 Å². The molecule has 0 atom stereocenters. The quantitative estimate of drug-likeness (QED) is 0.422. The summed E-state index contributed by atoms with van der Waals surface area (Å²) in [5.74, 6) is 0. The first-order valence-corrected chi connectivity index (χ1v) is 12.4. The van der Waals surface area contributed by atoms with Crippen molar-refractivity contribution in [3.05, 3.63) is 0 Å². The molecule has 1 aliphatic carbocycles. The van der Waals surface area contributed by atoms with Crippen LogP contribution >= 0.6 is 0 Å². The van der Waals surface area contributed by atoms with Crippen LogP contribution in [0, 0.1) is 0 Å². The van der Waals surface area contributed by atoms with Gasteiger partial charge in [-0.15, -0.1) is 0 Å². The smallest absolute Gasteiger partial charge is 0.211 e. The molecule has 0 aromatic heterocycles. The fourth-order valence-electron chi connectivity index (χ4n) is 3.68. The number of unbranched alkanes of at least 4 members (excludes halogenated alkanes) is 5. The third kappa shape index (κ3) is 10.2. The van der Waals surface area contributed by atoms with Crippen molar-refractivity contribution in [2.24, 2.45) is 0 Å². The molecule has 0 N–H and O–H groups in total. The number of nitrogens with zero attached hydrogens (tertiary/aromatic N) is 2. The predicted octanol–water partition coefficient (Wildman–Crippen LogP) is 3.89. The molecule has 0 bridgehead atoms. The fraction of sp³-hybridized carbons (Fsp3) is 1.00. The minimum Gasteiger partial charge on any atom is -0.378 e. The maximum atomic E-state index is 11.6. The maximum absolute atomic E-state index is 11.6. The van der Waals surface area contributed by atoms with E-state index < -0.39 is 10.0 Å². The van der Waals surface area contributed by atoms with E-state index in [2.05, 4.69) is 18.9 Å². The molecule has 0 aromatic carbocycles. The lowest BCUT2D eigenvalue weighted by molar-refractivity contribution is 0.0157.